The van der Waals surface area contributed by atoms with Gasteiger partial charge in [0.25, 0.3) is 0 Å². The number of hydrogen-bond acceptors (Lipinski definition) is 2. The van der Waals surface area contributed by atoms with Crippen LogP contribution in [-0.2, 0) is 6.54 Å². The molecule has 1 nitrogen and oxygen atoms in total. The summed E-state index contributed by atoms with van der Waals surface area (Å²) in [7, 11) is 0. The molecule has 0 aromatic carbocycles. The second-order valence-corrected chi connectivity index (χ2v) is 6.54. The van der Waals surface area contributed by atoms with Crippen LogP contribution in [0.15, 0.2) is 15.9 Å². The Kier molecular flexibility index (Phi) is 3.86. The maximum atomic E-state index is 3.68. The molecule has 3 unspecified atom stereocenters. The molecule has 0 aliphatic heterocycles. The third kappa shape index (κ3) is 2.83. The Hall–Kier alpha value is 0.140. The highest BCUT2D eigenvalue weighted by Gasteiger charge is 2.28. The van der Waals surface area contributed by atoms with Crippen LogP contribution >= 0.6 is 27.3 Å². The molecule has 3 atom stereocenters. The third-order valence-corrected chi connectivity index (χ3v) is 5.32. The fourth-order valence-corrected chi connectivity index (χ4v) is 3.73. The van der Waals surface area contributed by atoms with Crippen molar-refractivity contribution in [2.45, 2.75) is 39.3 Å². The first-order valence-electron chi connectivity index (χ1n) is 5.63. The summed E-state index contributed by atoms with van der Waals surface area (Å²) in [5, 5.41) is 5.83. The Balaban J connectivity index is 1.83. The van der Waals surface area contributed by atoms with Crippen molar-refractivity contribution >= 4 is 27.3 Å². The largest absolute Gasteiger partial charge is 0.309 e. The van der Waals surface area contributed by atoms with E-state index in [2.05, 4.69) is 46.5 Å². The number of rotatable bonds is 3. The minimum atomic E-state index is 0.723. The molecule has 1 N–H and O–H groups in total. The van der Waals surface area contributed by atoms with Crippen LogP contribution in [0.5, 0.6) is 0 Å². The molecule has 1 saturated carbocycles. The van der Waals surface area contributed by atoms with E-state index in [0.29, 0.717) is 0 Å². The van der Waals surface area contributed by atoms with Crippen LogP contribution in [0.25, 0.3) is 0 Å². The van der Waals surface area contributed by atoms with Gasteiger partial charge in [-0.05, 0) is 46.7 Å². The molecule has 1 aliphatic rings. The molecule has 1 aliphatic carbocycles. The molecule has 1 fully saturated rings. The maximum absolute atomic E-state index is 3.68. The number of halogens is 1. The molecule has 0 amide bonds. The van der Waals surface area contributed by atoms with Gasteiger partial charge in [-0.25, -0.2) is 0 Å². The Bertz CT molecular complexity index is 323. The van der Waals surface area contributed by atoms with E-state index in [9.17, 15) is 0 Å². The van der Waals surface area contributed by atoms with E-state index in [1.165, 1.54) is 22.2 Å². The van der Waals surface area contributed by atoms with Crippen LogP contribution in [0, 0.1) is 11.8 Å². The topological polar surface area (TPSA) is 12.0 Å². The normalized spacial score (nSPS) is 31.0. The molecule has 0 radical (unpaired) electrons. The Morgan fingerprint density at radius 2 is 2.27 bits per heavy atom. The smallest absolute Gasteiger partial charge is 0.0302 e. The number of hydrogen-bond donors (Lipinski definition) is 1. The van der Waals surface area contributed by atoms with E-state index in [0.717, 1.165) is 24.4 Å². The lowest BCUT2D eigenvalue weighted by Gasteiger charge is -2.19. The molecule has 3 heteroatoms. The van der Waals surface area contributed by atoms with E-state index in [1.54, 1.807) is 0 Å². The van der Waals surface area contributed by atoms with Crippen molar-refractivity contribution in [3.05, 3.63) is 20.8 Å². The summed E-state index contributed by atoms with van der Waals surface area (Å²) in [6.45, 7) is 5.77. The van der Waals surface area contributed by atoms with Crippen LogP contribution in [-0.4, -0.2) is 6.04 Å². The molecular formula is C12H18BrNS. The van der Waals surface area contributed by atoms with Crippen molar-refractivity contribution in [2.75, 3.05) is 0 Å². The van der Waals surface area contributed by atoms with E-state index in [4.69, 9.17) is 0 Å². The summed E-state index contributed by atoms with van der Waals surface area (Å²) in [5.74, 6) is 1.71. The zero-order chi connectivity index (χ0) is 10.8. The average molecular weight is 288 g/mol. The third-order valence-electron chi connectivity index (χ3n) is 3.63. The van der Waals surface area contributed by atoms with Gasteiger partial charge in [-0.15, -0.1) is 11.3 Å². The molecule has 0 bridgehead atoms. The lowest BCUT2D eigenvalue weighted by Crippen LogP contribution is -2.31. The lowest BCUT2D eigenvalue weighted by molar-refractivity contribution is 0.370. The summed E-state index contributed by atoms with van der Waals surface area (Å²) in [5.41, 5.74) is 0. The Morgan fingerprint density at radius 3 is 2.80 bits per heavy atom. The van der Waals surface area contributed by atoms with E-state index < -0.39 is 0 Å². The van der Waals surface area contributed by atoms with Crippen molar-refractivity contribution in [1.29, 1.82) is 0 Å². The van der Waals surface area contributed by atoms with Gasteiger partial charge in [0.05, 0.1) is 0 Å². The van der Waals surface area contributed by atoms with Gasteiger partial charge in [-0.2, -0.15) is 0 Å². The van der Waals surface area contributed by atoms with Gasteiger partial charge in [-0.3, -0.25) is 0 Å². The van der Waals surface area contributed by atoms with Crippen molar-refractivity contribution in [3.8, 4) is 0 Å². The molecular weight excluding hydrogens is 270 g/mol. The molecule has 84 valence electrons. The predicted molar refractivity (Wildman–Crippen MR) is 70.2 cm³/mol. The second-order valence-electron chi connectivity index (χ2n) is 4.63. The first-order chi connectivity index (χ1) is 7.16. The summed E-state index contributed by atoms with van der Waals surface area (Å²) in [6.07, 6.45) is 2.72. The van der Waals surface area contributed by atoms with Crippen molar-refractivity contribution in [1.82, 2.24) is 5.32 Å². The highest BCUT2D eigenvalue weighted by Crippen LogP contribution is 2.31. The fourth-order valence-electron chi connectivity index (χ4n) is 2.33. The zero-order valence-corrected chi connectivity index (χ0v) is 11.7. The van der Waals surface area contributed by atoms with Crippen LogP contribution in [0.4, 0.5) is 0 Å². The quantitative estimate of drug-likeness (QED) is 0.885. The first-order valence-corrected chi connectivity index (χ1v) is 7.30. The predicted octanol–water partition coefficient (Wildman–Crippen LogP) is 4.03. The standard InChI is InChI=1S/C12H18BrNS/c1-8-3-4-12(9(8)2)14-6-11-5-10(13)7-15-11/h5,7-9,12,14H,3-4,6H2,1-2H3. The van der Waals surface area contributed by atoms with Crippen molar-refractivity contribution in [2.24, 2.45) is 11.8 Å². The highest BCUT2D eigenvalue weighted by molar-refractivity contribution is 9.10. The summed E-state index contributed by atoms with van der Waals surface area (Å²) in [6, 6.07) is 2.93. The molecule has 0 saturated heterocycles. The van der Waals surface area contributed by atoms with Crippen LogP contribution in [0.3, 0.4) is 0 Å². The van der Waals surface area contributed by atoms with E-state index in [1.807, 2.05) is 11.3 Å². The minimum Gasteiger partial charge on any atom is -0.309 e. The molecule has 1 aromatic heterocycles. The summed E-state index contributed by atoms with van der Waals surface area (Å²) >= 11 is 5.32. The lowest BCUT2D eigenvalue weighted by atomic mass is 9.98. The first kappa shape index (κ1) is 11.6. The van der Waals surface area contributed by atoms with E-state index in [-0.39, 0.29) is 0 Å². The molecule has 0 spiro atoms. The molecule has 1 aromatic rings. The Morgan fingerprint density at radius 1 is 1.47 bits per heavy atom. The van der Waals surface area contributed by atoms with Crippen molar-refractivity contribution in [3.63, 3.8) is 0 Å². The van der Waals surface area contributed by atoms with Gasteiger partial charge in [-0.1, -0.05) is 13.8 Å². The van der Waals surface area contributed by atoms with Gasteiger partial charge in [0.2, 0.25) is 0 Å². The molecule has 15 heavy (non-hydrogen) atoms. The number of thiophene rings is 1. The van der Waals surface area contributed by atoms with Gasteiger partial charge >= 0.3 is 0 Å². The average Bonchev–Trinajstić information content (AvgIpc) is 2.74. The summed E-state index contributed by atoms with van der Waals surface area (Å²) < 4.78 is 1.21. The van der Waals surface area contributed by atoms with E-state index >= 15 is 0 Å². The highest BCUT2D eigenvalue weighted by atomic mass is 79.9. The van der Waals surface area contributed by atoms with Crippen molar-refractivity contribution < 1.29 is 0 Å². The van der Waals surface area contributed by atoms with Gasteiger partial charge in [0, 0.05) is 27.3 Å². The van der Waals surface area contributed by atoms with Gasteiger partial charge in [0.15, 0.2) is 0 Å². The second kappa shape index (κ2) is 4.98. The fraction of sp³-hybridized carbons (Fsp3) is 0.667. The van der Waals surface area contributed by atoms with Crippen LogP contribution < -0.4 is 5.32 Å². The maximum Gasteiger partial charge on any atom is 0.0302 e. The zero-order valence-electron chi connectivity index (χ0n) is 9.29. The molecule has 1 heterocycles. The minimum absolute atomic E-state index is 0.723. The van der Waals surface area contributed by atoms with Gasteiger partial charge in [0.1, 0.15) is 0 Å². The monoisotopic (exact) mass is 287 g/mol. The van der Waals surface area contributed by atoms with Crippen LogP contribution in [0.2, 0.25) is 0 Å². The number of nitrogens with one attached hydrogen (secondary N) is 1. The van der Waals surface area contributed by atoms with Crippen LogP contribution in [0.1, 0.15) is 31.6 Å². The summed E-state index contributed by atoms with van der Waals surface area (Å²) in [4.78, 5) is 1.42. The Labute approximate surface area is 104 Å². The molecule has 2 rings (SSSR count). The SMILES string of the molecule is CC1CCC(NCc2cc(Br)cs2)C1C. The van der Waals surface area contributed by atoms with Gasteiger partial charge < -0.3 is 5.32 Å².